The van der Waals surface area contributed by atoms with Crippen molar-refractivity contribution in [3.05, 3.63) is 36.0 Å². The van der Waals surface area contributed by atoms with E-state index in [1.165, 1.54) is 16.5 Å². The lowest BCUT2D eigenvalue weighted by molar-refractivity contribution is 0.286. The van der Waals surface area contributed by atoms with Gasteiger partial charge in [0.15, 0.2) is 0 Å². The molecule has 0 saturated carbocycles. The summed E-state index contributed by atoms with van der Waals surface area (Å²) in [7, 11) is 3.99. The number of aromatic amines is 1. The molecule has 0 atom stereocenters. The molecule has 2 rings (SSSR count). The number of nitrogens with zero attached hydrogens (tertiary/aromatic N) is 1. The van der Waals surface area contributed by atoms with E-state index in [-0.39, 0.29) is 0 Å². The van der Waals surface area contributed by atoms with Crippen molar-refractivity contribution in [2.24, 2.45) is 0 Å². The second-order valence-corrected chi connectivity index (χ2v) is 3.59. The van der Waals surface area contributed by atoms with Crippen LogP contribution in [0.15, 0.2) is 30.5 Å². The number of nitrogens with one attached hydrogen (secondary N) is 2. The molecule has 0 aliphatic rings. The van der Waals surface area contributed by atoms with E-state index in [9.17, 15) is 0 Å². The first-order valence-electron chi connectivity index (χ1n) is 4.73. The Morgan fingerprint density at radius 2 is 2.14 bits per heavy atom. The van der Waals surface area contributed by atoms with Crippen LogP contribution in [-0.4, -0.2) is 24.1 Å². The van der Waals surface area contributed by atoms with Crippen LogP contribution in [0.5, 0.6) is 0 Å². The van der Waals surface area contributed by atoms with Gasteiger partial charge < -0.3 is 4.98 Å². The lowest BCUT2D eigenvalue weighted by Gasteiger charge is -2.12. The fraction of sp³-hybridized carbons (Fsp3) is 0.273. The summed E-state index contributed by atoms with van der Waals surface area (Å²) >= 11 is 0. The summed E-state index contributed by atoms with van der Waals surface area (Å²) in [4.78, 5) is 3.21. The van der Waals surface area contributed by atoms with Crippen LogP contribution in [0.2, 0.25) is 0 Å². The van der Waals surface area contributed by atoms with E-state index in [0.717, 1.165) is 6.54 Å². The Morgan fingerprint density at radius 3 is 2.93 bits per heavy atom. The molecule has 0 fully saturated rings. The first-order valence-corrected chi connectivity index (χ1v) is 4.73. The van der Waals surface area contributed by atoms with E-state index in [1.807, 2.05) is 25.3 Å². The van der Waals surface area contributed by atoms with Gasteiger partial charge in [-0.25, -0.2) is 0 Å². The summed E-state index contributed by atoms with van der Waals surface area (Å²) in [6.07, 6.45) is 1.98. The topological polar surface area (TPSA) is 31.1 Å². The molecule has 2 aromatic rings. The Bertz CT molecular complexity index is 417. The van der Waals surface area contributed by atoms with Gasteiger partial charge in [-0.3, -0.25) is 10.4 Å². The average Bonchev–Trinajstić information content (AvgIpc) is 2.62. The fourth-order valence-electron chi connectivity index (χ4n) is 1.55. The van der Waals surface area contributed by atoms with Crippen LogP contribution in [-0.2, 0) is 6.54 Å². The molecule has 0 amide bonds. The normalized spacial score (nSPS) is 11.4. The van der Waals surface area contributed by atoms with Crippen LogP contribution in [0.3, 0.4) is 0 Å². The highest BCUT2D eigenvalue weighted by molar-refractivity contribution is 5.82. The molecule has 1 heterocycles. The van der Waals surface area contributed by atoms with Gasteiger partial charge in [-0.2, -0.15) is 0 Å². The third-order valence-corrected chi connectivity index (χ3v) is 2.27. The summed E-state index contributed by atoms with van der Waals surface area (Å²) in [5.74, 6) is 0. The number of hydrogen-bond donors (Lipinski definition) is 2. The zero-order valence-corrected chi connectivity index (χ0v) is 8.54. The van der Waals surface area contributed by atoms with Crippen LogP contribution in [0.1, 0.15) is 5.56 Å². The minimum Gasteiger partial charge on any atom is -0.361 e. The molecule has 0 spiro atoms. The van der Waals surface area contributed by atoms with Crippen molar-refractivity contribution < 1.29 is 0 Å². The van der Waals surface area contributed by atoms with E-state index in [1.54, 1.807) is 0 Å². The molecule has 1 aromatic carbocycles. The maximum absolute atomic E-state index is 3.26. The smallest absolute Gasteiger partial charge is 0.0457 e. The van der Waals surface area contributed by atoms with Gasteiger partial charge in [0.25, 0.3) is 0 Å². The third-order valence-electron chi connectivity index (χ3n) is 2.27. The van der Waals surface area contributed by atoms with Crippen molar-refractivity contribution in [2.75, 3.05) is 14.1 Å². The summed E-state index contributed by atoms with van der Waals surface area (Å²) in [5, 5.41) is 3.26. The van der Waals surface area contributed by atoms with Gasteiger partial charge in [-0.15, -0.1) is 0 Å². The van der Waals surface area contributed by atoms with Gasteiger partial charge in [0.05, 0.1) is 0 Å². The SMILES string of the molecule is CN(C)NCc1cccc2[nH]ccc12. The number of aromatic nitrogens is 1. The standard InChI is InChI=1S/C11H15N3/c1-14(2)13-8-9-4-3-5-11-10(9)6-7-12-11/h3-7,12-13H,8H2,1-2H3. The molecule has 14 heavy (non-hydrogen) atoms. The maximum atomic E-state index is 3.26. The van der Waals surface area contributed by atoms with Crippen molar-refractivity contribution in [2.45, 2.75) is 6.54 Å². The van der Waals surface area contributed by atoms with Crippen LogP contribution >= 0.6 is 0 Å². The average molecular weight is 189 g/mol. The molecule has 3 nitrogen and oxygen atoms in total. The molecule has 0 aliphatic carbocycles. The molecular formula is C11H15N3. The van der Waals surface area contributed by atoms with Crippen LogP contribution < -0.4 is 5.43 Å². The molecule has 0 saturated heterocycles. The van der Waals surface area contributed by atoms with E-state index in [4.69, 9.17) is 0 Å². The number of benzene rings is 1. The third kappa shape index (κ3) is 1.78. The minimum absolute atomic E-state index is 0.863. The molecule has 74 valence electrons. The predicted molar refractivity (Wildman–Crippen MR) is 58.8 cm³/mol. The van der Waals surface area contributed by atoms with Crippen molar-refractivity contribution in [3.8, 4) is 0 Å². The number of hydrazine groups is 1. The summed E-state index contributed by atoms with van der Waals surface area (Å²) in [6, 6.07) is 8.43. The second kappa shape index (κ2) is 3.82. The van der Waals surface area contributed by atoms with Crippen LogP contribution in [0.25, 0.3) is 10.9 Å². The Balaban J connectivity index is 2.27. The lowest BCUT2D eigenvalue weighted by Crippen LogP contribution is -2.29. The Kier molecular flexibility index (Phi) is 2.52. The Morgan fingerprint density at radius 1 is 1.29 bits per heavy atom. The van der Waals surface area contributed by atoms with Crippen LogP contribution in [0, 0.1) is 0 Å². The van der Waals surface area contributed by atoms with Crippen molar-refractivity contribution >= 4 is 10.9 Å². The quantitative estimate of drug-likeness (QED) is 0.720. The largest absolute Gasteiger partial charge is 0.361 e. The number of rotatable bonds is 3. The monoisotopic (exact) mass is 189 g/mol. The zero-order chi connectivity index (χ0) is 9.97. The highest BCUT2D eigenvalue weighted by Gasteiger charge is 2.00. The van der Waals surface area contributed by atoms with Gasteiger partial charge in [0.2, 0.25) is 0 Å². The lowest BCUT2D eigenvalue weighted by atomic mass is 10.1. The molecule has 2 N–H and O–H groups in total. The number of H-pyrrole nitrogens is 1. The molecular weight excluding hydrogens is 174 g/mol. The van der Waals surface area contributed by atoms with Gasteiger partial charge in [0, 0.05) is 37.7 Å². The first kappa shape index (κ1) is 9.24. The van der Waals surface area contributed by atoms with E-state index < -0.39 is 0 Å². The zero-order valence-electron chi connectivity index (χ0n) is 8.54. The first-order chi connectivity index (χ1) is 6.77. The molecule has 3 heteroatoms. The predicted octanol–water partition coefficient (Wildman–Crippen LogP) is 1.73. The fourth-order valence-corrected chi connectivity index (χ4v) is 1.55. The van der Waals surface area contributed by atoms with Crippen molar-refractivity contribution in [3.63, 3.8) is 0 Å². The van der Waals surface area contributed by atoms with Crippen molar-refractivity contribution in [1.82, 2.24) is 15.4 Å². The second-order valence-electron chi connectivity index (χ2n) is 3.59. The molecule has 0 radical (unpaired) electrons. The highest BCUT2D eigenvalue weighted by Crippen LogP contribution is 2.16. The van der Waals surface area contributed by atoms with Gasteiger partial charge >= 0.3 is 0 Å². The Labute approximate surface area is 83.7 Å². The number of hydrogen-bond acceptors (Lipinski definition) is 2. The summed E-state index contributed by atoms with van der Waals surface area (Å²) < 4.78 is 0. The van der Waals surface area contributed by atoms with Crippen molar-refractivity contribution in [1.29, 1.82) is 0 Å². The van der Waals surface area contributed by atoms with Gasteiger partial charge in [-0.05, 0) is 17.7 Å². The summed E-state index contributed by atoms with van der Waals surface area (Å²) in [6.45, 7) is 0.863. The number of fused-ring (bicyclic) bond motifs is 1. The van der Waals surface area contributed by atoms with E-state index >= 15 is 0 Å². The molecule has 1 aromatic heterocycles. The van der Waals surface area contributed by atoms with E-state index in [2.05, 4.69) is 34.7 Å². The van der Waals surface area contributed by atoms with Crippen LogP contribution in [0.4, 0.5) is 0 Å². The van der Waals surface area contributed by atoms with Gasteiger partial charge in [-0.1, -0.05) is 12.1 Å². The molecule has 0 aliphatic heterocycles. The van der Waals surface area contributed by atoms with E-state index in [0.29, 0.717) is 0 Å². The highest BCUT2D eigenvalue weighted by atomic mass is 15.5. The van der Waals surface area contributed by atoms with Gasteiger partial charge in [0.1, 0.15) is 0 Å². The molecule has 0 bridgehead atoms. The minimum atomic E-state index is 0.863. The molecule has 0 unspecified atom stereocenters. The Hall–Kier alpha value is -1.32. The maximum Gasteiger partial charge on any atom is 0.0457 e. The summed E-state index contributed by atoms with van der Waals surface area (Å²) in [5.41, 5.74) is 5.78.